The van der Waals surface area contributed by atoms with E-state index >= 15 is 0 Å². The Labute approximate surface area is 126 Å². The molecule has 1 aliphatic carbocycles. The van der Waals surface area contributed by atoms with E-state index in [2.05, 4.69) is 48.4 Å². The Kier molecular flexibility index (Phi) is 4.15. The number of H-pyrrole nitrogens is 1. The largest absolute Gasteiger partial charge is 0.490 e. The summed E-state index contributed by atoms with van der Waals surface area (Å²) < 4.78 is 6.29. The van der Waals surface area contributed by atoms with Crippen molar-refractivity contribution in [3.8, 4) is 5.75 Å². The molecule has 0 saturated heterocycles. The molecule has 21 heavy (non-hydrogen) atoms. The van der Waals surface area contributed by atoms with Crippen molar-refractivity contribution in [1.29, 1.82) is 0 Å². The molecule has 2 aromatic rings. The highest BCUT2D eigenvalue weighted by atomic mass is 16.5. The van der Waals surface area contributed by atoms with Crippen molar-refractivity contribution in [2.24, 2.45) is 0 Å². The van der Waals surface area contributed by atoms with E-state index in [1.807, 2.05) is 6.20 Å². The molecule has 2 N–H and O–H groups in total. The third kappa shape index (κ3) is 3.21. The molecule has 0 bridgehead atoms. The third-order valence-electron chi connectivity index (χ3n) is 4.33. The number of hydrogen-bond acceptors (Lipinski definition) is 3. The normalized spacial score (nSPS) is 22.9. The van der Waals surface area contributed by atoms with Crippen molar-refractivity contribution in [3.05, 3.63) is 23.9 Å². The van der Waals surface area contributed by atoms with Gasteiger partial charge >= 0.3 is 0 Å². The van der Waals surface area contributed by atoms with Crippen LogP contribution in [0.15, 0.2) is 18.3 Å². The van der Waals surface area contributed by atoms with Crippen LogP contribution in [-0.4, -0.2) is 28.4 Å². The smallest absolute Gasteiger partial charge is 0.123 e. The van der Waals surface area contributed by atoms with Crippen molar-refractivity contribution < 1.29 is 4.74 Å². The van der Waals surface area contributed by atoms with E-state index in [9.17, 15) is 0 Å². The maximum Gasteiger partial charge on any atom is 0.123 e. The fourth-order valence-corrected chi connectivity index (χ4v) is 3.32. The lowest BCUT2D eigenvalue weighted by molar-refractivity contribution is 0.131. The van der Waals surface area contributed by atoms with Crippen LogP contribution in [0, 0.1) is 6.92 Å². The van der Waals surface area contributed by atoms with Crippen LogP contribution in [-0.2, 0) is 0 Å². The van der Waals surface area contributed by atoms with Crippen molar-refractivity contribution in [2.75, 3.05) is 0 Å². The molecule has 114 valence electrons. The van der Waals surface area contributed by atoms with Crippen LogP contribution in [0.3, 0.4) is 0 Å². The van der Waals surface area contributed by atoms with Crippen LogP contribution in [0.4, 0.5) is 0 Å². The summed E-state index contributed by atoms with van der Waals surface area (Å²) in [5, 5.41) is 11.9. The highest BCUT2D eigenvalue weighted by molar-refractivity contribution is 5.83. The van der Waals surface area contributed by atoms with Crippen LogP contribution < -0.4 is 10.1 Å². The summed E-state index contributed by atoms with van der Waals surface area (Å²) >= 11 is 0. The fourth-order valence-electron chi connectivity index (χ4n) is 3.32. The molecule has 1 aromatic heterocycles. The molecule has 0 unspecified atom stereocenters. The molecule has 1 aromatic carbocycles. The van der Waals surface area contributed by atoms with E-state index in [-0.39, 0.29) is 0 Å². The molecule has 0 radical (unpaired) electrons. The fraction of sp³-hybridized carbons (Fsp3) is 0.588. The molecule has 1 fully saturated rings. The number of nitrogens with one attached hydrogen (secondary N) is 2. The number of aryl methyl sites for hydroxylation is 1. The average Bonchev–Trinajstić information content (AvgIpc) is 2.91. The Morgan fingerprint density at radius 1 is 1.33 bits per heavy atom. The second-order valence-electron chi connectivity index (χ2n) is 6.44. The Bertz CT molecular complexity index is 605. The molecule has 1 heterocycles. The van der Waals surface area contributed by atoms with Crippen LogP contribution in [0.5, 0.6) is 5.75 Å². The van der Waals surface area contributed by atoms with Gasteiger partial charge in [0.15, 0.2) is 0 Å². The van der Waals surface area contributed by atoms with E-state index in [0.29, 0.717) is 18.2 Å². The average molecular weight is 287 g/mol. The van der Waals surface area contributed by atoms with Gasteiger partial charge in [-0.3, -0.25) is 5.10 Å². The third-order valence-corrected chi connectivity index (χ3v) is 4.33. The minimum Gasteiger partial charge on any atom is -0.490 e. The molecule has 4 nitrogen and oxygen atoms in total. The van der Waals surface area contributed by atoms with Gasteiger partial charge in [-0.1, -0.05) is 13.8 Å². The highest BCUT2D eigenvalue weighted by Gasteiger charge is 2.24. The molecule has 4 heteroatoms. The number of benzene rings is 1. The van der Waals surface area contributed by atoms with Crippen molar-refractivity contribution >= 4 is 10.9 Å². The molecule has 2 atom stereocenters. The number of hydrogen-bond donors (Lipinski definition) is 2. The van der Waals surface area contributed by atoms with Crippen molar-refractivity contribution in [3.63, 3.8) is 0 Å². The highest BCUT2D eigenvalue weighted by Crippen LogP contribution is 2.30. The monoisotopic (exact) mass is 287 g/mol. The van der Waals surface area contributed by atoms with Gasteiger partial charge in [0.1, 0.15) is 11.9 Å². The van der Waals surface area contributed by atoms with Gasteiger partial charge in [0.25, 0.3) is 0 Å². The van der Waals surface area contributed by atoms with Crippen LogP contribution in [0.2, 0.25) is 0 Å². The summed E-state index contributed by atoms with van der Waals surface area (Å²) in [5.74, 6) is 0.999. The van der Waals surface area contributed by atoms with E-state index in [4.69, 9.17) is 4.74 Å². The van der Waals surface area contributed by atoms with E-state index in [1.165, 1.54) is 18.4 Å². The zero-order chi connectivity index (χ0) is 14.8. The predicted octanol–water partition coefficient (Wildman–Crippen LogP) is 3.56. The first-order valence-electron chi connectivity index (χ1n) is 7.99. The summed E-state index contributed by atoms with van der Waals surface area (Å²) in [6.45, 7) is 6.53. The molecule has 1 saturated carbocycles. The van der Waals surface area contributed by atoms with E-state index in [1.54, 1.807) is 0 Å². The standard InChI is InChI=1S/C17H25N3O/c1-11(2)19-13-5-4-6-14(9-13)21-17-8-7-16-15(12(17)3)10-18-20-16/h7-8,10-11,13-14,19H,4-6,9H2,1-3H3,(H,18,20)/t13-,14-/m0/s1. The lowest BCUT2D eigenvalue weighted by Gasteiger charge is -2.31. The summed E-state index contributed by atoms with van der Waals surface area (Å²) in [4.78, 5) is 0. The summed E-state index contributed by atoms with van der Waals surface area (Å²) in [6.07, 6.45) is 6.94. The molecule has 0 aliphatic heterocycles. The second-order valence-corrected chi connectivity index (χ2v) is 6.44. The number of aromatic amines is 1. The maximum atomic E-state index is 6.29. The molecular weight excluding hydrogens is 262 g/mol. The quantitative estimate of drug-likeness (QED) is 0.904. The summed E-state index contributed by atoms with van der Waals surface area (Å²) in [5.41, 5.74) is 2.25. The van der Waals surface area contributed by atoms with Crippen LogP contribution >= 0.6 is 0 Å². The van der Waals surface area contributed by atoms with Crippen LogP contribution in [0.1, 0.15) is 45.1 Å². The Balaban J connectivity index is 1.71. The summed E-state index contributed by atoms with van der Waals surface area (Å²) in [7, 11) is 0. The molecule has 0 spiro atoms. The maximum absolute atomic E-state index is 6.29. The molecular formula is C17H25N3O. The number of rotatable bonds is 4. The van der Waals surface area contributed by atoms with Gasteiger partial charge in [0.05, 0.1) is 11.7 Å². The van der Waals surface area contributed by atoms with Crippen LogP contribution in [0.25, 0.3) is 10.9 Å². The Morgan fingerprint density at radius 2 is 2.19 bits per heavy atom. The van der Waals surface area contributed by atoms with E-state index in [0.717, 1.165) is 29.5 Å². The van der Waals surface area contributed by atoms with Gasteiger partial charge < -0.3 is 10.1 Å². The molecule has 1 aliphatic rings. The zero-order valence-electron chi connectivity index (χ0n) is 13.1. The number of nitrogens with zero attached hydrogens (tertiary/aromatic N) is 1. The van der Waals surface area contributed by atoms with Gasteiger partial charge in [-0.25, -0.2) is 0 Å². The number of ether oxygens (including phenoxy) is 1. The van der Waals surface area contributed by atoms with Gasteiger partial charge in [-0.2, -0.15) is 5.10 Å². The van der Waals surface area contributed by atoms with Gasteiger partial charge in [-0.15, -0.1) is 0 Å². The van der Waals surface area contributed by atoms with Gasteiger partial charge in [0.2, 0.25) is 0 Å². The first kappa shape index (κ1) is 14.4. The minimum atomic E-state index is 0.318. The van der Waals surface area contributed by atoms with Gasteiger partial charge in [-0.05, 0) is 44.7 Å². The molecule has 0 amide bonds. The van der Waals surface area contributed by atoms with Gasteiger partial charge in [0, 0.05) is 23.0 Å². The lowest BCUT2D eigenvalue weighted by Crippen LogP contribution is -2.41. The predicted molar refractivity (Wildman–Crippen MR) is 85.8 cm³/mol. The van der Waals surface area contributed by atoms with Crippen molar-refractivity contribution in [1.82, 2.24) is 15.5 Å². The number of fused-ring (bicyclic) bond motifs is 1. The number of aromatic nitrogens is 2. The zero-order valence-corrected chi connectivity index (χ0v) is 13.1. The first-order valence-corrected chi connectivity index (χ1v) is 7.99. The second kappa shape index (κ2) is 6.06. The molecule has 3 rings (SSSR count). The topological polar surface area (TPSA) is 49.9 Å². The first-order chi connectivity index (χ1) is 10.1. The SMILES string of the molecule is Cc1c(O[C@H]2CCC[C@H](NC(C)C)C2)ccc2[nH]ncc12. The Morgan fingerprint density at radius 3 is 3.00 bits per heavy atom. The van der Waals surface area contributed by atoms with Crippen molar-refractivity contribution in [2.45, 2.75) is 64.6 Å². The lowest BCUT2D eigenvalue weighted by atomic mass is 9.92. The minimum absolute atomic E-state index is 0.318. The summed E-state index contributed by atoms with van der Waals surface area (Å²) in [6, 6.07) is 5.24. The van der Waals surface area contributed by atoms with E-state index < -0.39 is 0 Å². The Hall–Kier alpha value is -1.55.